The van der Waals surface area contributed by atoms with Crippen LogP contribution in [0.5, 0.6) is 0 Å². The highest BCUT2D eigenvalue weighted by Crippen LogP contribution is 2.20. The first-order chi connectivity index (χ1) is 9.04. The van der Waals surface area contributed by atoms with E-state index in [0.29, 0.717) is 6.54 Å². The smallest absolute Gasteiger partial charge is 0.279 e. The van der Waals surface area contributed by atoms with Crippen molar-refractivity contribution in [2.24, 2.45) is 0 Å². The van der Waals surface area contributed by atoms with Gasteiger partial charge in [0, 0.05) is 4.47 Å². The second-order valence-electron chi connectivity index (χ2n) is 5.12. The van der Waals surface area contributed by atoms with Crippen molar-refractivity contribution >= 4 is 27.5 Å². The molecule has 2 atom stereocenters. The van der Waals surface area contributed by atoms with Crippen LogP contribution < -0.4 is 10.2 Å². The Balaban J connectivity index is 1.89. The molecule has 1 heterocycles. The summed E-state index contributed by atoms with van der Waals surface area (Å²) in [5.41, 5.74) is 0.821. The molecule has 5 heteroatoms. The molecular weight excluding hydrogens is 308 g/mol. The molecule has 1 aromatic rings. The van der Waals surface area contributed by atoms with Crippen LogP contribution in [0.2, 0.25) is 0 Å². The lowest BCUT2D eigenvalue weighted by Crippen LogP contribution is -3.16. The van der Waals surface area contributed by atoms with Gasteiger partial charge in [-0.3, -0.25) is 4.79 Å². The number of amides is 1. The summed E-state index contributed by atoms with van der Waals surface area (Å²) in [4.78, 5) is 13.3. The number of hydrogen-bond donors (Lipinski definition) is 2. The highest BCUT2D eigenvalue weighted by atomic mass is 79.9. The lowest BCUT2D eigenvalue weighted by Gasteiger charge is -2.31. The summed E-state index contributed by atoms with van der Waals surface area (Å²) < 4.78 is 6.58. The number of anilines is 1. The summed E-state index contributed by atoms with van der Waals surface area (Å²) >= 11 is 3.43. The maximum absolute atomic E-state index is 12.1. The van der Waals surface area contributed by atoms with E-state index in [1.165, 1.54) is 4.90 Å². The van der Waals surface area contributed by atoms with Crippen molar-refractivity contribution in [2.75, 3.05) is 25.0 Å². The van der Waals surface area contributed by atoms with Gasteiger partial charge in [0.05, 0.1) is 5.69 Å². The normalized spacial score (nSPS) is 27.0. The first kappa shape index (κ1) is 14.5. The lowest BCUT2D eigenvalue weighted by molar-refractivity contribution is -0.907. The largest absolute Gasteiger partial charge is 0.364 e. The Morgan fingerprint density at radius 1 is 1.37 bits per heavy atom. The Hall–Kier alpha value is -0.910. The van der Waals surface area contributed by atoms with E-state index >= 15 is 0 Å². The zero-order valence-electron chi connectivity index (χ0n) is 11.3. The number of quaternary nitrogens is 1. The van der Waals surface area contributed by atoms with Gasteiger partial charge in [0.15, 0.2) is 6.54 Å². The molecule has 0 spiro atoms. The number of carbonyl (C=O) groups is 1. The molecule has 0 aliphatic carbocycles. The standard InChI is InChI=1S/C14H19BrN2O2/c1-10-7-17(8-11(2)19-10)9-14(18)16-13-6-4-3-5-12(13)15/h3-6,10-11H,7-9H2,1-2H3,(H,16,18)/p+1/t10-,11-/m0/s1. The molecule has 1 aliphatic rings. The third kappa shape index (κ3) is 4.30. The molecule has 2 N–H and O–H groups in total. The molecule has 0 saturated carbocycles. The second kappa shape index (κ2) is 6.50. The van der Waals surface area contributed by atoms with Crippen LogP contribution in [-0.2, 0) is 9.53 Å². The number of rotatable bonds is 3. The zero-order chi connectivity index (χ0) is 13.8. The Morgan fingerprint density at radius 2 is 2.00 bits per heavy atom. The summed E-state index contributed by atoms with van der Waals surface area (Å²) in [7, 11) is 0. The average Bonchev–Trinajstić information content (AvgIpc) is 2.30. The van der Waals surface area contributed by atoms with E-state index < -0.39 is 0 Å². The van der Waals surface area contributed by atoms with Gasteiger partial charge in [-0.25, -0.2) is 0 Å². The number of ether oxygens (including phenoxy) is 1. The molecule has 1 aliphatic heterocycles. The summed E-state index contributed by atoms with van der Waals surface area (Å²) in [6.45, 7) is 6.36. The fraction of sp³-hybridized carbons (Fsp3) is 0.500. The van der Waals surface area contributed by atoms with Crippen molar-refractivity contribution in [3.05, 3.63) is 28.7 Å². The minimum atomic E-state index is 0.0446. The van der Waals surface area contributed by atoms with E-state index in [2.05, 4.69) is 35.1 Å². The molecule has 19 heavy (non-hydrogen) atoms. The Bertz CT molecular complexity index is 443. The van der Waals surface area contributed by atoms with Crippen LogP contribution in [0, 0.1) is 0 Å². The van der Waals surface area contributed by atoms with E-state index in [4.69, 9.17) is 4.74 Å². The molecule has 0 radical (unpaired) electrons. The number of carbonyl (C=O) groups excluding carboxylic acids is 1. The van der Waals surface area contributed by atoms with E-state index in [-0.39, 0.29) is 18.1 Å². The van der Waals surface area contributed by atoms with Gasteiger partial charge in [0.25, 0.3) is 5.91 Å². The second-order valence-corrected chi connectivity index (χ2v) is 5.97. The molecule has 1 aromatic carbocycles. The van der Waals surface area contributed by atoms with Crippen molar-refractivity contribution in [2.45, 2.75) is 26.1 Å². The summed E-state index contributed by atoms with van der Waals surface area (Å²) in [6.07, 6.45) is 0.435. The molecule has 104 valence electrons. The first-order valence-corrected chi connectivity index (χ1v) is 7.37. The van der Waals surface area contributed by atoms with Crippen LogP contribution in [0.3, 0.4) is 0 Å². The highest BCUT2D eigenvalue weighted by molar-refractivity contribution is 9.10. The predicted octanol–water partition coefficient (Wildman–Crippen LogP) is 1.08. The topological polar surface area (TPSA) is 42.8 Å². The fourth-order valence-electron chi connectivity index (χ4n) is 2.52. The third-order valence-corrected chi connectivity index (χ3v) is 3.87. The fourth-order valence-corrected chi connectivity index (χ4v) is 2.90. The summed E-state index contributed by atoms with van der Waals surface area (Å²) in [6, 6.07) is 7.64. The summed E-state index contributed by atoms with van der Waals surface area (Å²) in [5.74, 6) is 0.0446. The lowest BCUT2D eigenvalue weighted by atomic mass is 10.2. The van der Waals surface area contributed by atoms with Gasteiger partial charge in [0.2, 0.25) is 0 Å². The third-order valence-electron chi connectivity index (χ3n) is 3.18. The van der Waals surface area contributed by atoms with Crippen LogP contribution >= 0.6 is 15.9 Å². The number of hydrogen-bond acceptors (Lipinski definition) is 2. The quantitative estimate of drug-likeness (QED) is 0.872. The number of morpholine rings is 1. The van der Waals surface area contributed by atoms with E-state index in [0.717, 1.165) is 23.2 Å². The van der Waals surface area contributed by atoms with Crippen molar-refractivity contribution < 1.29 is 14.4 Å². The van der Waals surface area contributed by atoms with Gasteiger partial charge in [-0.1, -0.05) is 12.1 Å². The highest BCUT2D eigenvalue weighted by Gasteiger charge is 2.27. The molecule has 0 aromatic heterocycles. The van der Waals surface area contributed by atoms with Gasteiger partial charge in [-0.2, -0.15) is 0 Å². The molecule has 0 bridgehead atoms. The van der Waals surface area contributed by atoms with Gasteiger partial charge in [-0.15, -0.1) is 0 Å². The Kier molecular flexibility index (Phi) is 4.96. The minimum Gasteiger partial charge on any atom is -0.364 e. The monoisotopic (exact) mass is 327 g/mol. The van der Waals surface area contributed by atoms with E-state index in [1.807, 2.05) is 24.3 Å². The Morgan fingerprint density at radius 3 is 2.63 bits per heavy atom. The molecule has 1 fully saturated rings. The maximum Gasteiger partial charge on any atom is 0.279 e. The SMILES string of the molecule is C[C@H]1C[NH+](CC(=O)Nc2ccccc2Br)C[C@H](C)O1. The summed E-state index contributed by atoms with van der Waals surface area (Å²) in [5, 5.41) is 2.94. The molecule has 4 nitrogen and oxygen atoms in total. The minimum absolute atomic E-state index is 0.0446. The van der Waals surface area contributed by atoms with Crippen LogP contribution in [0.25, 0.3) is 0 Å². The molecule has 0 unspecified atom stereocenters. The number of para-hydroxylation sites is 1. The van der Waals surface area contributed by atoms with Gasteiger partial charge in [0.1, 0.15) is 25.3 Å². The van der Waals surface area contributed by atoms with Gasteiger partial charge >= 0.3 is 0 Å². The van der Waals surface area contributed by atoms with Crippen LogP contribution in [0.4, 0.5) is 5.69 Å². The van der Waals surface area contributed by atoms with Crippen molar-refractivity contribution in [3.8, 4) is 0 Å². The molecule has 1 saturated heterocycles. The van der Waals surface area contributed by atoms with Crippen molar-refractivity contribution in [1.29, 1.82) is 0 Å². The average molecular weight is 328 g/mol. The molecule has 2 rings (SSSR count). The Labute approximate surface area is 122 Å². The molecule has 1 amide bonds. The van der Waals surface area contributed by atoms with Crippen LogP contribution in [0.15, 0.2) is 28.7 Å². The number of nitrogens with one attached hydrogen (secondary N) is 2. The van der Waals surface area contributed by atoms with Gasteiger partial charge < -0.3 is 15.0 Å². The van der Waals surface area contributed by atoms with E-state index in [1.54, 1.807) is 0 Å². The molecular formula is C14H20BrN2O2+. The maximum atomic E-state index is 12.1. The van der Waals surface area contributed by atoms with Crippen molar-refractivity contribution in [1.82, 2.24) is 0 Å². The van der Waals surface area contributed by atoms with Gasteiger partial charge in [-0.05, 0) is 41.9 Å². The zero-order valence-corrected chi connectivity index (χ0v) is 12.9. The first-order valence-electron chi connectivity index (χ1n) is 6.58. The van der Waals surface area contributed by atoms with Crippen LogP contribution in [0.1, 0.15) is 13.8 Å². The number of benzene rings is 1. The number of halogens is 1. The van der Waals surface area contributed by atoms with Crippen LogP contribution in [-0.4, -0.2) is 37.7 Å². The predicted molar refractivity (Wildman–Crippen MR) is 78.3 cm³/mol. The van der Waals surface area contributed by atoms with E-state index in [9.17, 15) is 4.79 Å². The van der Waals surface area contributed by atoms with Crippen molar-refractivity contribution in [3.63, 3.8) is 0 Å².